The summed E-state index contributed by atoms with van der Waals surface area (Å²) in [6.07, 6.45) is -5.36. The predicted octanol–water partition coefficient (Wildman–Crippen LogP) is -0.0571. The van der Waals surface area contributed by atoms with Crippen LogP contribution in [0.3, 0.4) is 0 Å². The Morgan fingerprint density at radius 2 is 1.83 bits per heavy atom. The van der Waals surface area contributed by atoms with Crippen molar-refractivity contribution in [3.8, 4) is 0 Å². The van der Waals surface area contributed by atoms with E-state index in [4.69, 9.17) is 23.7 Å². The number of rotatable bonds is 5. The van der Waals surface area contributed by atoms with Crippen molar-refractivity contribution in [2.45, 2.75) is 76.7 Å². The molecular formula is C15H26O8. The Morgan fingerprint density at radius 1 is 1.17 bits per heavy atom. The number of hydrogen-bond acceptors (Lipinski definition) is 8. The Labute approximate surface area is 135 Å². The van der Waals surface area contributed by atoms with Crippen LogP contribution >= 0.6 is 0 Å². The number of esters is 1. The third-order valence-corrected chi connectivity index (χ3v) is 3.75. The van der Waals surface area contributed by atoms with Crippen molar-refractivity contribution in [2.75, 3.05) is 13.2 Å². The minimum Gasteiger partial charge on any atom is -0.464 e. The summed E-state index contributed by atoms with van der Waals surface area (Å²) in [4.78, 5) is 11.6. The Morgan fingerprint density at radius 3 is 2.35 bits per heavy atom. The first-order valence-corrected chi connectivity index (χ1v) is 7.76. The maximum atomic E-state index is 11.6. The van der Waals surface area contributed by atoms with Gasteiger partial charge in [0.05, 0.1) is 13.2 Å². The fourth-order valence-corrected chi connectivity index (χ4v) is 2.79. The topological polar surface area (TPSA) is 104 Å². The SMILES string of the molecule is CCOC(=O)[C@H](O)[C@H](O)[C@@H]1OC(C)(C)O[C@@H]1[C@H]1COC(C)(C)O1. The quantitative estimate of drug-likeness (QED) is 0.674. The smallest absolute Gasteiger partial charge is 0.337 e. The second kappa shape index (κ2) is 6.62. The second-order valence-corrected chi connectivity index (χ2v) is 6.62. The van der Waals surface area contributed by atoms with Gasteiger partial charge in [-0.05, 0) is 34.6 Å². The minimum absolute atomic E-state index is 0.104. The van der Waals surface area contributed by atoms with Crippen molar-refractivity contribution < 1.29 is 38.7 Å². The van der Waals surface area contributed by atoms with Gasteiger partial charge in [-0.3, -0.25) is 0 Å². The van der Waals surface area contributed by atoms with Crippen LogP contribution in [-0.4, -0.2) is 71.5 Å². The third kappa shape index (κ3) is 4.20. The van der Waals surface area contributed by atoms with E-state index in [9.17, 15) is 15.0 Å². The van der Waals surface area contributed by atoms with Gasteiger partial charge in [-0.15, -0.1) is 0 Å². The molecule has 0 bridgehead atoms. The molecule has 2 rings (SSSR count). The maximum absolute atomic E-state index is 11.6. The van der Waals surface area contributed by atoms with Crippen LogP contribution in [0, 0.1) is 0 Å². The van der Waals surface area contributed by atoms with Crippen molar-refractivity contribution in [1.82, 2.24) is 0 Å². The first kappa shape index (κ1) is 18.6. The molecule has 2 saturated heterocycles. The molecule has 2 N–H and O–H groups in total. The molecule has 0 saturated carbocycles. The monoisotopic (exact) mass is 334 g/mol. The Kier molecular flexibility index (Phi) is 5.34. The highest BCUT2D eigenvalue weighted by Crippen LogP contribution is 2.37. The summed E-state index contributed by atoms with van der Waals surface area (Å²) in [5, 5.41) is 20.3. The van der Waals surface area contributed by atoms with Gasteiger partial charge < -0.3 is 33.9 Å². The lowest BCUT2D eigenvalue weighted by Gasteiger charge is -2.28. The van der Waals surface area contributed by atoms with Gasteiger partial charge >= 0.3 is 5.97 Å². The van der Waals surface area contributed by atoms with E-state index in [1.54, 1.807) is 34.6 Å². The molecule has 2 aliphatic heterocycles. The van der Waals surface area contributed by atoms with E-state index in [2.05, 4.69) is 0 Å². The zero-order valence-corrected chi connectivity index (χ0v) is 14.1. The number of hydrogen-bond donors (Lipinski definition) is 2. The van der Waals surface area contributed by atoms with Crippen LogP contribution in [0.25, 0.3) is 0 Å². The molecule has 5 atom stereocenters. The molecule has 8 heteroatoms. The number of aliphatic hydroxyl groups excluding tert-OH is 2. The summed E-state index contributed by atoms with van der Waals surface area (Å²) in [5.74, 6) is -2.66. The summed E-state index contributed by atoms with van der Waals surface area (Å²) in [6, 6.07) is 0. The van der Waals surface area contributed by atoms with Gasteiger partial charge in [0.1, 0.15) is 24.4 Å². The van der Waals surface area contributed by atoms with Crippen molar-refractivity contribution in [1.29, 1.82) is 0 Å². The number of carbonyl (C=O) groups excluding carboxylic acids is 1. The van der Waals surface area contributed by atoms with Crippen LogP contribution in [0.5, 0.6) is 0 Å². The summed E-state index contributed by atoms with van der Waals surface area (Å²) in [5.41, 5.74) is 0. The van der Waals surface area contributed by atoms with Crippen molar-refractivity contribution in [3.05, 3.63) is 0 Å². The van der Waals surface area contributed by atoms with Crippen LogP contribution in [0.15, 0.2) is 0 Å². The normalized spacial score (nSPS) is 35.0. The Hall–Kier alpha value is -0.770. The number of aliphatic hydroxyl groups is 2. The molecule has 2 fully saturated rings. The first-order chi connectivity index (χ1) is 10.6. The van der Waals surface area contributed by atoms with E-state index in [0.717, 1.165) is 0 Å². The molecule has 134 valence electrons. The standard InChI is InChI=1S/C15H26O8/c1-6-19-13(18)10(17)9(16)12-11(22-15(4,5)23-12)8-7-20-14(2,3)21-8/h8-12,16-17H,6-7H2,1-5H3/t8-,9+,10-,11-,12+/m1/s1. The van der Waals surface area contributed by atoms with Crippen molar-refractivity contribution >= 4 is 5.97 Å². The van der Waals surface area contributed by atoms with E-state index in [0.29, 0.717) is 0 Å². The van der Waals surface area contributed by atoms with E-state index in [1.165, 1.54) is 0 Å². The molecule has 0 spiro atoms. The molecule has 0 aromatic rings. The molecule has 0 unspecified atom stereocenters. The molecule has 2 heterocycles. The number of ether oxygens (including phenoxy) is 5. The lowest BCUT2D eigenvalue weighted by Crippen LogP contribution is -2.50. The van der Waals surface area contributed by atoms with Gasteiger partial charge in [0.2, 0.25) is 0 Å². The van der Waals surface area contributed by atoms with E-state index >= 15 is 0 Å². The molecule has 0 aromatic carbocycles. The van der Waals surface area contributed by atoms with Crippen molar-refractivity contribution in [2.24, 2.45) is 0 Å². The van der Waals surface area contributed by atoms with E-state index in [1.807, 2.05) is 0 Å². The summed E-state index contributed by atoms with van der Waals surface area (Å²) >= 11 is 0. The minimum atomic E-state index is -1.73. The molecular weight excluding hydrogens is 308 g/mol. The van der Waals surface area contributed by atoms with Gasteiger partial charge in [0.25, 0.3) is 0 Å². The van der Waals surface area contributed by atoms with E-state index < -0.39 is 48.1 Å². The van der Waals surface area contributed by atoms with Crippen LogP contribution in [0.1, 0.15) is 34.6 Å². The Balaban J connectivity index is 2.12. The summed E-state index contributed by atoms with van der Waals surface area (Å²) in [6.45, 7) is 8.89. The third-order valence-electron chi connectivity index (χ3n) is 3.75. The molecule has 0 aliphatic carbocycles. The molecule has 8 nitrogen and oxygen atoms in total. The van der Waals surface area contributed by atoms with E-state index in [-0.39, 0.29) is 13.2 Å². The molecule has 0 radical (unpaired) electrons. The van der Waals surface area contributed by atoms with Gasteiger partial charge in [0.15, 0.2) is 17.7 Å². The summed E-state index contributed by atoms with van der Waals surface area (Å²) in [7, 11) is 0. The second-order valence-electron chi connectivity index (χ2n) is 6.62. The lowest BCUT2D eigenvalue weighted by molar-refractivity contribution is -0.179. The van der Waals surface area contributed by atoms with Gasteiger partial charge in [-0.1, -0.05) is 0 Å². The van der Waals surface area contributed by atoms with Crippen LogP contribution in [-0.2, 0) is 28.5 Å². The Bertz CT molecular complexity index is 435. The van der Waals surface area contributed by atoms with Gasteiger partial charge in [-0.25, -0.2) is 4.79 Å². The predicted molar refractivity (Wildman–Crippen MR) is 77.4 cm³/mol. The van der Waals surface area contributed by atoms with Gasteiger partial charge in [-0.2, -0.15) is 0 Å². The van der Waals surface area contributed by atoms with Crippen LogP contribution in [0.4, 0.5) is 0 Å². The maximum Gasteiger partial charge on any atom is 0.337 e. The highest BCUT2D eigenvalue weighted by molar-refractivity contribution is 5.75. The zero-order valence-electron chi connectivity index (χ0n) is 14.1. The zero-order chi connectivity index (χ0) is 17.4. The summed E-state index contributed by atoms with van der Waals surface area (Å²) < 4.78 is 27.5. The molecule has 23 heavy (non-hydrogen) atoms. The molecule has 2 aliphatic rings. The lowest BCUT2D eigenvalue weighted by atomic mass is 9.99. The van der Waals surface area contributed by atoms with Gasteiger partial charge in [0, 0.05) is 0 Å². The fraction of sp³-hybridized carbons (Fsp3) is 0.933. The highest BCUT2D eigenvalue weighted by Gasteiger charge is 2.53. The fourth-order valence-electron chi connectivity index (χ4n) is 2.79. The first-order valence-electron chi connectivity index (χ1n) is 7.76. The van der Waals surface area contributed by atoms with Crippen molar-refractivity contribution in [3.63, 3.8) is 0 Å². The molecule has 0 aromatic heterocycles. The van der Waals surface area contributed by atoms with Crippen LogP contribution in [0.2, 0.25) is 0 Å². The number of carbonyl (C=O) groups is 1. The average Bonchev–Trinajstić information content (AvgIpc) is 2.96. The molecule has 0 amide bonds. The van der Waals surface area contributed by atoms with Crippen LogP contribution < -0.4 is 0 Å². The average molecular weight is 334 g/mol. The largest absolute Gasteiger partial charge is 0.464 e. The highest BCUT2D eigenvalue weighted by atomic mass is 16.8.